The lowest BCUT2D eigenvalue weighted by Gasteiger charge is -2.04. The molecule has 0 amide bonds. The number of halogens is 2. The second kappa shape index (κ2) is 6.03. The van der Waals surface area contributed by atoms with Crippen LogP contribution in [0.15, 0.2) is 51.8 Å². The van der Waals surface area contributed by atoms with Crippen LogP contribution in [0.5, 0.6) is 0 Å². The van der Waals surface area contributed by atoms with Gasteiger partial charge in [-0.05, 0) is 35.9 Å². The highest BCUT2D eigenvalue weighted by molar-refractivity contribution is 9.10. The van der Waals surface area contributed by atoms with Gasteiger partial charge in [0.05, 0.1) is 11.6 Å². The molecule has 0 unspecified atom stereocenters. The predicted octanol–water partition coefficient (Wildman–Crippen LogP) is 4.75. The minimum absolute atomic E-state index is 0.323. The number of hydrogen-bond acceptors (Lipinski definition) is 2. The fourth-order valence-electron chi connectivity index (χ4n) is 1.45. The van der Waals surface area contributed by atoms with Crippen molar-refractivity contribution in [2.75, 3.05) is 0 Å². The van der Waals surface area contributed by atoms with Gasteiger partial charge in [-0.1, -0.05) is 28.1 Å². The molecule has 0 aliphatic rings. The van der Waals surface area contributed by atoms with E-state index >= 15 is 0 Å². The summed E-state index contributed by atoms with van der Waals surface area (Å²) in [5.41, 5.74) is 0.961. The second-order valence-electron chi connectivity index (χ2n) is 3.66. The van der Waals surface area contributed by atoms with Crippen molar-refractivity contribution in [3.05, 3.63) is 63.9 Å². The largest absolute Gasteiger partial charge is 0.207 e. The second-order valence-corrected chi connectivity index (χ2v) is 5.63. The monoisotopic (exact) mass is 321 g/mol. The van der Waals surface area contributed by atoms with Crippen molar-refractivity contribution in [1.82, 2.24) is 0 Å². The summed E-state index contributed by atoms with van der Waals surface area (Å²) in [7, 11) is 0. The topological polar surface area (TPSA) is 23.8 Å². The molecule has 0 aliphatic heterocycles. The number of nitriles is 1. The first kappa shape index (κ1) is 13.1. The van der Waals surface area contributed by atoms with Crippen LogP contribution in [-0.4, -0.2) is 0 Å². The van der Waals surface area contributed by atoms with E-state index in [2.05, 4.69) is 15.9 Å². The third-order valence-corrected chi connectivity index (χ3v) is 3.91. The Morgan fingerprint density at radius 2 is 2.06 bits per heavy atom. The highest BCUT2D eigenvalue weighted by Gasteiger charge is 2.04. The molecule has 90 valence electrons. The highest BCUT2D eigenvalue weighted by Crippen LogP contribution is 2.26. The normalized spacial score (nSPS) is 10.1. The van der Waals surface area contributed by atoms with Crippen LogP contribution in [0.1, 0.15) is 11.1 Å². The summed E-state index contributed by atoms with van der Waals surface area (Å²) < 4.78 is 14.7. The van der Waals surface area contributed by atoms with Crippen molar-refractivity contribution in [3.8, 4) is 6.07 Å². The molecule has 1 nitrogen and oxygen atoms in total. The third-order valence-electron chi connectivity index (χ3n) is 2.37. The molecule has 0 fully saturated rings. The smallest absolute Gasteiger partial charge is 0.128 e. The molecular formula is C14H9BrFNS. The van der Waals surface area contributed by atoms with Crippen molar-refractivity contribution in [2.45, 2.75) is 10.6 Å². The molecule has 0 bridgehead atoms. The number of rotatable bonds is 3. The molecule has 0 radical (unpaired) electrons. The fourth-order valence-corrected chi connectivity index (χ4v) is 2.94. The van der Waals surface area contributed by atoms with E-state index in [0.29, 0.717) is 16.9 Å². The molecule has 0 heterocycles. The summed E-state index contributed by atoms with van der Waals surface area (Å²) in [6, 6.07) is 14.4. The maximum Gasteiger partial charge on any atom is 0.128 e. The zero-order chi connectivity index (χ0) is 13.0. The quantitative estimate of drug-likeness (QED) is 0.761. The molecule has 0 saturated carbocycles. The standard InChI is InChI=1S/C14H9BrFNS/c15-12-2-1-3-13(7-12)18-9-11-5-4-10(8-17)6-14(11)16/h1-7H,9H2. The Kier molecular flexibility index (Phi) is 4.40. The van der Waals surface area contributed by atoms with Gasteiger partial charge < -0.3 is 0 Å². The van der Waals surface area contributed by atoms with Crippen molar-refractivity contribution < 1.29 is 4.39 Å². The Balaban J connectivity index is 2.09. The molecule has 0 aromatic heterocycles. The van der Waals surface area contributed by atoms with E-state index in [9.17, 15) is 4.39 Å². The Morgan fingerprint density at radius 1 is 1.22 bits per heavy atom. The maximum atomic E-state index is 13.6. The average molecular weight is 322 g/mol. The molecule has 0 N–H and O–H groups in total. The summed E-state index contributed by atoms with van der Waals surface area (Å²) in [4.78, 5) is 1.08. The van der Waals surface area contributed by atoms with Crippen molar-refractivity contribution >= 4 is 27.7 Å². The van der Waals surface area contributed by atoms with E-state index in [0.717, 1.165) is 9.37 Å². The first-order valence-electron chi connectivity index (χ1n) is 5.26. The van der Waals surface area contributed by atoms with Gasteiger partial charge in [-0.2, -0.15) is 5.26 Å². The van der Waals surface area contributed by atoms with Gasteiger partial charge in [0.1, 0.15) is 5.82 Å². The van der Waals surface area contributed by atoms with Crippen molar-refractivity contribution in [1.29, 1.82) is 5.26 Å². The molecule has 0 aliphatic carbocycles. The molecule has 0 saturated heterocycles. The van der Waals surface area contributed by atoms with Crippen LogP contribution in [0.3, 0.4) is 0 Å². The molecule has 2 aromatic rings. The van der Waals surface area contributed by atoms with Gasteiger partial charge in [-0.3, -0.25) is 0 Å². The first-order chi connectivity index (χ1) is 8.69. The zero-order valence-corrected chi connectivity index (χ0v) is 11.8. The van der Waals surface area contributed by atoms with Gasteiger partial charge >= 0.3 is 0 Å². The maximum absolute atomic E-state index is 13.6. The van der Waals surface area contributed by atoms with Crippen molar-refractivity contribution in [2.24, 2.45) is 0 Å². The predicted molar refractivity (Wildman–Crippen MR) is 74.8 cm³/mol. The Bertz CT molecular complexity index is 607. The van der Waals surface area contributed by atoms with Crippen LogP contribution in [0, 0.1) is 17.1 Å². The van der Waals surface area contributed by atoms with E-state index in [4.69, 9.17) is 5.26 Å². The molecule has 2 rings (SSSR count). The van der Waals surface area contributed by atoms with Crippen LogP contribution in [-0.2, 0) is 5.75 Å². The number of nitrogens with zero attached hydrogens (tertiary/aromatic N) is 1. The Morgan fingerprint density at radius 3 is 2.72 bits per heavy atom. The zero-order valence-electron chi connectivity index (χ0n) is 9.36. The number of benzene rings is 2. The Hall–Kier alpha value is -1.31. The van der Waals surface area contributed by atoms with E-state index in [1.54, 1.807) is 23.9 Å². The SMILES string of the molecule is N#Cc1ccc(CSc2cccc(Br)c2)c(F)c1. The van der Waals surface area contributed by atoms with Gasteiger partial charge in [0.2, 0.25) is 0 Å². The lowest BCUT2D eigenvalue weighted by atomic mass is 10.1. The van der Waals surface area contributed by atoms with E-state index < -0.39 is 0 Å². The van der Waals surface area contributed by atoms with E-state index in [-0.39, 0.29) is 5.82 Å². The summed E-state index contributed by atoms with van der Waals surface area (Å²) in [5, 5.41) is 8.66. The van der Waals surface area contributed by atoms with E-state index in [1.807, 2.05) is 30.3 Å². The molecule has 4 heteroatoms. The number of hydrogen-bond donors (Lipinski definition) is 0. The first-order valence-corrected chi connectivity index (χ1v) is 7.04. The summed E-state index contributed by atoms with van der Waals surface area (Å²) in [6.45, 7) is 0. The van der Waals surface area contributed by atoms with Crippen LogP contribution in [0.4, 0.5) is 4.39 Å². The summed E-state index contributed by atoms with van der Waals surface area (Å²) >= 11 is 4.96. The van der Waals surface area contributed by atoms with Gasteiger partial charge in [0, 0.05) is 15.1 Å². The summed E-state index contributed by atoms with van der Waals surface area (Å²) in [5.74, 6) is 0.227. The highest BCUT2D eigenvalue weighted by atomic mass is 79.9. The molecule has 0 atom stereocenters. The Labute approximate surface area is 118 Å². The lowest BCUT2D eigenvalue weighted by Crippen LogP contribution is -1.89. The van der Waals surface area contributed by atoms with Gasteiger partial charge in [0.15, 0.2) is 0 Å². The number of thioether (sulfide) groups is 1. The van der Waals surface area contributed by atoms with Gasteiger partial charge in [-0.25, -0.2) is 4.39 Å². The molecule has 0 spiro atoms. The lowest BCUT2D eigenvalue weighted by molar-refractivity contribution is 0.617. The van der Waals surface area contributed by atoms with Crippen LogP contribution in [0.25, 0.3) is 0 Å². The van der Waals surface area contributed by atoms with Crippen LogP contribution >= 0.6 is 27.7 Å². The third kappa shape index (κ3) is 3.34. The molecular weight excluding hydrogens is 313 g/mol. The van der Waals surface area contributed by atoms with Crippen LogP contribution in [0.2, 0.25) is 0 Å². The molecule has 18 heavy (non-hydrogen) atoms. The van der Waals surface area contributed by atoms with Crippen LogP contribution < -0.4 is 0 Å². The van der Waals surface area contributed by atoms with Gasteiger partial charge in [0.25, 0.3) is 0 Å². The van der Waals surface area contributed by atoms with Crippen molar-refractivity contribution in [3.63, 3.8) is 0 Å². The van der Waals surface area contributed by atoms with E-state index in [1.165, 1.54) is 6.07 Å². The summed E-state index contributed by atoms with van der Waals surface area (Å²) in [6.07, 6.45) is 0. The average Bonchev–Trinajstić information content (AvgIpc) is 2.37. The molecule has 2 aromatic carbocycles. The van der Waals surface area contributed by atoms with Gasteiger partial charge in [-0.15, -0.1) is 11.8 Å². The minimum Gasteiger partial charge on any atom is -0.207 e. The minimum atomic E-state index is -0.323. The fraction of sp³-hybridized carbons (Fsp3) is 0.0714.